The molecule has 0 radical (unpaired) electrons. The summed E-state index contributed by atoms with van der Waals surface area (Å²) in [7, 11) is 0. The number of carbonyl (C=O) groups excluding carboxylic acids is 1. The molecule has 0 unspecified atom stereocenters. The molecule has 4 nitrogen and oxygen atoms in total. The molecule has 1 amide bonds. The van der Waals surface area contributed by atoms with E-state index in [2.05, 4.69) is 12.1 Å². The molecule has 1 aromatic carbocycles. The van der Waals surface area contributed by atoms with Crippen LogP contribution in [-0.4, -0.2) is 49.8 Å². The number of rotatable bonds is 8. The summed E-state index contributed by atoms with van der Waals surface area (Å²) in [5.74, 6) is 0.261. The fraction of sp³-hybridized carbons (Fsp3) is 0.611. The van der Waals surface area contributed by atoms with E-state index in [4.69, 9.17) is 9.47 Å². The monoisotopic (exact) mass is 305 g/mol. The molecule has 0 saturated carbocycles. The van der Waals surface area contributed by atoms with Crippen molar-refractivity contribution in [2.24, 2.45) is 0 Å². The molecular weight excluding hydrogens is 278 g/mol. The standard InChI is InChI=1S/C18H27NO3/c1-2-21-14-15-22-17-10-12-19(13-11-17)18(20)9-8-16-6-4-3-5-7-16/h3-7,17H,2,8-15H2,1H3. The number of aryl methyl sites for hydroxylation is 1. The van der Waals surface area contributed by atoms with Crippen molar-refractivity contribution in [1.82, 2.24) is 4.90 Å². The Balaban J connectivity index is 1.62. The first-order chi connectivity index (χ1) is 10.8. The van der Waals surface area contributed by atoms with Crippen LogP contribution in [0.4, 0.5) is 0 Å². The predicted octanol–water partition coefficient (Wildman–Crippen LogP) is 2.66. The van der Waals surface area contributed by atoms with Gasteiger partial charge in [-0.25, -0.2) is 0 Å². The molecule has 1 fully saturated rings. The molecule has 1 aliphatic heterocycles. The molecule has 0 atom stereocenters. The third-order valence-electron chi connectivity index (χ3n) is 4.05. The number of ether oxygens (including phenoxy) is 2. The van der Waals surface area contributed by atoms with Gasteiger partial charge in [0.2, 0.25) is 5.91 Å². The number of hydrogen-bond donors (Lipinski definition) is 0. The second-order valence-electron chi connectivity index (χ2n) is 5.63. The molecule has 22 heavy (non-hydrogen) atoms. The largest absolute Gasteiger partial charge is 0.379 e. The number of benzene rings is 1. The molecule has 1 heterocycles. The van der Waals surface area contributed by atoms with Crippen molar-refractivity contribution < 1.29 is 14.3 Å². The smallest absolute Gasteiger partial charge is 0.222 e. The van der Waals surface area contributed by atoms with Gasteiger partial charge in [0.05, 0.1) is 19.3 Å². The van der Waals surface area contributed by atoms with Gasteiger partial charge in [-0.1, -0.05) is 30.3 Å². The molecule has 0 aromatic heterocycles. The third-order valence-corrected chi connectivity index (χ3v) is 4.05. The van der Waals surface area contributed by atoms with Crippen molar-refractivity contribution in [2.45, 2.75) is 38.7 Å². The Labute approximate surface area is 133 Å². The van der Waals surface area contributed by atoms with Crippen molar-refractivity contribution in [2.75, 3.05) is 32.9 Å². The Bertz CT molecular complexity index is 427. The molecule has 0 bridgehead atoms. The predicted molar refractivity (Wildman–Crippen MR) is 86.8 cm³/mol. The van der Waals surface area contributed by atoms with Crippen LogP contribution in [0.2, 0.25) is 0 Å². The van der Waals surface area contributed by atoms with Crippen molar-refractivity contribution in [3.05, 3.63) is 35.9 Å². The summed E-state index contributed by atoms with van der Waals surface area (Å²) in [6.45, 7) is 5.66. The second kappa shape index (κ2) is 9.59. The van der Waals surface area contributed by atoms with Crippen molar-refractivity contribution in [3.63, 3.8) is 0 Å². The maximum absolute atomic E-state index is 12.2. The van der Waals surface area contributed by atoms with Gasteiger partial charge in [0.25, 0.3) is 0 Å². The Morgan fingerprint density at radius 1 is 1.18 bits per heavy atom. The van der Waals surface area contributed by atoms with Crippen LogP contribution in [0.3, 0.4) is 0 Å². The first-order valence-electron chi connectivity index (χ1n) is 8.30. The molecule has 0 aliphatic carbocycles. The maximum atomic E-state index is 12.2. The molecule has 0 spiro atoms. The van der Waals surface area contributed by atoms with Crippen molar-refractivity contribution in [1.29, 1.82) is 0 Å². The number of carbonyl (C=O) groups is 1. The SMILES string of the molecule is CCOCCOC1CCN(C(=O)CCc2ccccc2)CC1. The van der Waals surface area contributed by atoms with Crippen LogP contribution in [0.15, 0.2) is 30.3 Å². The summed E-state index contributed by atoms with van der Waals surface area (Å²) in [5, 5.41) is 0. The van der Waals surface area contributed by atoms with Gasteiger partial charge in [-0.2, -0.15) is 0 Å². The molecular formula is C18H27NO3. The molecule has 1 aromatic rings. The normalized spacial score (nSPS) is 16.0. The topological polar surface area (TPSA) is 38.8 Å². The van der Waals surface area contributed by atoms with Gasteiger partial charge in [-0.15, -0.1) is 0 Å². The summed E-state index contributed by atoms with van der Waals surface area (Å²) < 4.78 is 11.0. The van der Waals surface area contributed by atoms with Crippen LogP contribution in [0.25, 0.3) is 0 Å². The summed E-state index contributed by atoms with van der Waals surface area (Å²) in [6, 6.07) is 10.2. The molecule has 2 rings (SSSR count). The van der Waals surface area contributed by atoms with Crippen LogP contribution < -0.4 is 0 Å². The minimum Gasteiger partial charge on any atom is -0.379 e. The first kappa shape index (κ1) is 17.0. The first-order valence-corrected chi connectivity index (χ1v) is 8.30. The third kappa shape index (κ3) is 5.78. The molecule has 1 aliphatic rings. The Kier molecular flexibility index (Phi) is 7.40. The molecule has 0 N–H and O–H groups in total. The highest BCUT2D eigenvalue weighted by molar-refractivity contribution is 5.76. The van der Waals surface area contributed by atoms with Crippen LogP contribution in [0.5, 0.6) is 0 Å². The van der Waals surface area contributed by atoms with Gasteiger partial charge in [-0.05, 0) is 31.7 Å². The fourth-order valence-electron chi connectivity index (χ4n) is 2.74. The van der Waals surface area contributed by atoms with Gasteiger partial charge in [0, 0.05) is 26.1 Å². The number of likely N-dealkylation sites (tertiary alicyclic amines) is 1. The lowest BCUT2D eigenvalue weighted by molar-refractivity contribution is -0.134. The zero-order valence-electron chi connectivity index (χ0n) is 13.5. The minimum absolute atomic E-state index is 0.261. The highest BCUT2D eigenvalue weighted by atomic mass is 16.5. The zero-order valence-corrected chi connectivity index (χ0v) is 13.5. The van der Waals surface area contributed by atoms with E-state index in [1.54, 1.807) is 0 Å². The average molecular weight is 305 g/mol. The van der Waals surface area contributed by atoms with Gasteiger partial charge in [0.15, 0.2) is 0 Å². The average Bonchev–Trinajstić information content (AvgIpc) is 2.58. The van der Waals surface area contributed by atoms with Gasteiger partial charge < -0.3 is 14.4 Å². The van der Waals surface area contributed by atoms with Crippen molar-refractivity contribution in [3.8, 4) is 0 Å². The van der Waals surface area contributed by atoms with E-state index in [-0.39, 0.29) is 12.0 Å². The zero-order chi connectivity index (χ0) is 15.6. The summed E-state index contributed by atoms with van der Waals surface area (Å²) in [4.78, 5) is 14.2. The van der Waals surface area contributed by atoms with Gasteiger partial charge in [0.1, 0.15) is 0 Å². The van der Waals surface area contributed by atoms with E-state index in [0.29, 0.717) is 19.6 Å². The minimum atomic E-state index is 0.261. The van der Waals surface area contributed by atoms with Crippen molar-refractivity contribution >= 4 is 5.91 Å². The highest BCUT2D eigenvalue weighted by Crippen LogP contribution is 2.15. The lowest BCUT2D eigenvalue weighted by atomic mass is 10.1. The molecule has 1 saturated heterocycles. The summed E-state index contributed by atoms with van der Waals surface area (Å²) in [6.07, 6.45) is 3.56. The van der Waals surface area contributed by atoms with Gasteiger partial charge in [-0.3, -0.25) is 4.79 Å². The quantitative estimate of drug-likeness (QED) is 0.693. The van der Waals surface area contributed by atoms with Crippen LogP contribution >= 0.6 is 0 Å². The van der Waals surface area contributed by atoms with E-state index >= 15 is 0 Å². The van der Waals surface area contributed by atoms with Crippen LogP contribution in [0.1, 0.15) is 31.7 Å². The Morgan fingerprint density at radius 2 is 1.91 bits per heavy atom. The summed E-state index contributed by atoms with van der Waals surface area (Å²) in [5.41, 5.74) is 1.23. The summed E-state index contributed by atoms with van der Waals surface area (Å²) >= 11 is 0. The van der Waals surface area contributed by atoms with E-state index < -0.39 is 0 Å². The Hall–Kier alpha value is -1.39. The molecule has 122 valence electrons. The number of hydrogen-bond acceptors (Lipinski definition) is 3. The number of piperidine rings is 1. The fourth-order valence-corrected chi connectivity index (χ4v) is 2.74. The van der Waals surface area contributed by atoms with Gasteiger partial charge >= 0.3 is 0 Å². The van der Waals surface area contributed by atoms with E-state index in [1.807, 2.05) is 30.0 Å². The van der Waals surface area contributed by atoms with E-state index in [9.17, 15) is 4.79 Å². The Morgan fingerprint density at radius 3 is 2.59 bits per heavy atom. The lowest BCUT2D eigenvalue weighted by Gasteiger charge is -2.32. The van der Waals surface area contributed by atoms with Crippen LogP contribution in [-0.2, 0) is 20.7 Å². The van der Waals surface area contributed by atoms with E-state index in [0.717, 1.165) is 39.0 Å². The van der Waals surface area contributed by atoms with Crippen LogP contribution in [0, 0.1) is 0 Å². The second-order valence-corrected chi connectivity index (χ2v) is 5.63. The number of nitrogens with zero attached hydrogens (tertiary/aromatic N) is 1. The highest BCUT2D eigenvalue weighted by Gasteiger charge is 2.22. The molecule has 4 heteroatoms. The van der Waals surface area contributed by atoms with E-state index in [1.165, 1.54) is 5.56 Å². The number of amides is 1. The lowest BCUT2D eigenvalue weighted by Crippen LogP contribution is -2.41. The maximum Gasteiger partial charge on any atom is 0.222 e.